The van der Waals surface area contributed by atoms with Crippen LogP contribution in [0.15, 0.2) is 91.1 Å². The normalized spacial score (nSPS) is 11.7. The van der Waals surface area contributed by atoms with Crippen molar-refractivity contribution in [1.29, 1.82) is 0 Å². The van der Waals surface area contributed by atoms with Gasteiger partial charge in [-0.05, 0) is 18.2 Å². The number of ketones is 1. The van der Waals surface area contributed by atoms with Crippen molar-refractivity contribution in [2.75, 3.05) is 11.9 Å². The van der Waals surface area contributed by atoms with Gasteiger partial charge in [0.25, 0.3) is 0 Å². The zero-order valence-corrected chi connectivity index (χ0v) is 16.4. The van der Waals surface area contributed by atoms with Gasteiger partial charge in [-0.3, -0.25) is 9.59 Å². The van der Waals surface area contributed by atoms with E-state index in [1.54, 1.807) is 18.3 Å². The van der Waals surface area contributed by atoms with E-state index in [0.29, 0.717) is 17.7 Å². The molecule has 5 nitrogen and oxygen atoms in total. The van der Waals surface area contributed by atoms with Crippen LogP contribution >= 0.6 is 0 Å². The molecule has 0 saturated heterocycles. The van der Waals surface area contributed by atoms with Crippen molar-refractivity contribution in [2.24, 2.45) is 0 Å². The summed E-state index contributed by atoms with van der Waals surface area (Å²) in [4.78, 5) is 29.0. The predicted molar refractivity (Wildman–Crippen MR) is 117 cm³/mol. The zero-order chi connectivity index (χ0) is 20.8. The smallest absolute Gasteiger partial charge is 0.308 e. The minimum absolute atomic E-state index is 0.152. The molecule has 4 rings (SSSR count). The van der Waals surface area contributed by atoms with Crippen molar-refractivity contribution in [3.05, 3.63) is 102 Å². The average Bonchev–Trinajstić information content (AvgIpc) is 3.22. The number of H-pyrrole nitrogens is 1. The Labute approximate surface area is 174 Å². The number of hydrogen-bond acceptors (Lipinski definition) is 4. The van der Waals surface area contributed by atoms with Crippen molar-refractivity contribution in [3.8, 4) is 0 Å². The van der Waals surface area contributed by atoms with E-state index in [4.69, 9.17) is 4.74 Å². The van der Waals surface area contributed by atoms with Crippen LogP contribution in [0.3, 0.4) is 0 Å². The molecule has 5 heteroatoms. The Hall–Kier alpha value is -3.86. The number of aromatic nitrogens is 1. The molecule has 0 aliphatic rings. The molecule has 30 heavy (non-hydrogen) atoms. The van der Waals surface area contributed by atoms with Crippen LogP contribution in [-0.2, 0) is 9.53 Å². The van der Waals surface area contributed by atoms with Gasteiger partial charge in [-0.25, -0.2) is 0 Å². The van der Waals surface area contributed by atoms with Crippen molar-refractivity contribution in [2.45, 2.75) is 12.5 Å². The standard InChI is InChI=1S/C25H22N2O3/c28-23(15-16-26-19-11-5-2-6-12-19)30-25(18-9-3-1-4-10-18)24(29)21-17-27-22-14-8-7-13-20(21)22/h1-14,17,25-27H,15-16H2. The topological polar surface area (TPSA) is 71.2 Å². The summed E-state index contributed by atoms with van der Waals surface area (Å²) < 4.78 is 5.67. The number of carbonyl (C=O) groups is 2. The molecule has 3 aromatic carbocycles. The predicted octanol–water partition coefficient (Wildman–Crippen LogP) is 5.14. The van der Waals surface area contributed by atoms with Gasteiger partial charge >= 0.3 is 5.97 Å². The maximum Gasteiger partial charge on any atom is 0.308 e. The van der Waals surface area contributed by atoms with Crippen LogP contribution < -0.4 is 5.32 Å². The molecule has 0 aliphatic heterocycles. The molecule has 0 amide bonds. The van der Waals surface area contributed by atoms with E-state index < -0.39 is 12.1 Å². The summed E-state index contributed by atoms with van der Waals surface area (Å²) in [6.45, 7) is 0.422. The quantitative estimate of drug-likeness (QED) is 0.319. The van der Waals surface area contributed by atoms with Crippen LogP contribution in [0.2, 0.25) is 0 Å². The number of fused-ring (bicyclic) bond motifs is 1. The molecule has 1 unspecified atom stereocenters. The molecule has 2 N–H and O–H groups in total. The molecular weight excluding hydrogens is 376 g/mol. The molecule has 0 fully saturated rings. The summed E-state index contributed by atoms with van der Waals surface area (Å²) in [5, 5.41) is 3.99. The third-order valence-corrected chi connectivity index (χ3v) is 4.88. The van der Waals surface area contributed by atoms with E-state index in [0.717, 1.165) is 16.6 Å². The monoisotopic (exact) mass is 398 g/mol. The lowest BCUT2D eigenvalue weighted by Crippen LogP contribution is -2.21. The first-order chi connectivity index (χ1) is 14.7. The fourth-order valence-corrected chi connectivity index (χ4v) is 3.37. The molecule has 0 bridgehead atoms. The third-order valence-electron chi connectivity index (χ3n) is 4.88. The minimum atomic E-state index is -0.991. The van der Waals surface area contributed by atoms with E-state index in [9.17, 15) is 9.59 Å². The Morgan fingerprint density at radius 3 is 2.30 bits per heavy atom. The van der Waals surface area contributed by atoms with Gasteiger partial charge < -0.3 is 15.0 Å². The van der Waals surface area contributed by atoms with Crippen molar-refractivity contribution >= 4 is 28.3 Å². The number of benzene rings is 3. The number of Topliss-reactive ketones (excluding diaryl/α,β-unsaturated/α-hetero) is 1. The second kappa shape index (κ2) is 9.09. The van der Waals surface area contributed by atoms with E-state index in [-0.39, 0.29) is 12.2 Å². The Kier molecular flexibility index (Phi) is 5.90. The highest BCUT2D eigenvalue weighted by molar-refractivity contribution is 6.10. The summed E-state index contributed by atoms with van der Waals surface area (Å²) in [5.41, 5.74) is 2.96. The van der Waals surface area contributed by atoms with Crippen molar-refractivity contribution < 1.29 is 14.3 Å². The second-order valence-corrected chi connectivity index (χ2v) is 6.94. The van der Waals surface area contributed by atoms with Gasteiger partial charge in [-0.1, -0.05) is 66.7 Å². The second-order valence-electron chi connectivity index (χ2n) is 6.94. The number of aromatic amines is 1. The average molecular weight is 398 g/mol. The molecule has 1 heterocycles. The van der Waals surface area contributed by atoms with Gasteiger partial charge in [0.2, 0.25) is 5.78 Å². The molecule has 1 atom stereocenters. The van der Waals surface area contributed by atoms with Crippen LogP contribution in [-0.4, -0.2) is 23.3 Å². The van der Waals surface area contributed by atoms with Gasteiger partial charge in [0, 0.05) is 40.5 Å². The molecule has 0 saturated carbocycles. The zero-order valence-electron chi connectivity index (χ0n) is 16.4. The summed E-state index contributed by atoms with van der Waals surface area (Å²) in [7, 11) is 0. The highest BCUT2D eigenvalue weighted by Gasteiger charge is 2.27. The number of esters is 1. The van der Waals surface area contributed by atoms with Crippen LogP contribution in [0.25, 0.3) is 10.9 Å². The van der Waals surface area contributed by atoms with Crippen LogP contribution in [0.1, 0.15) is 28.4 Å². The number of rotatable bonds is 8. The summed E-state index contributed by atoms with van der Waals surface area (Å²) in [6.07, 6.45) is 0.835. The molecule has 1 aromatic heterocycles. The largest absolute Gasteiger partial charge is 0.449 e. The van der Waals surface area contributed by atoms with Gasteiger partial charge in [-0.2, -0.15) is 0 Å². The molecule has 0 spiro atoms. The summed E-state index contributed by atoms with van der Waals surface area (Å²) in [6, 6.07) is 26.3. The van der Waals surface area contributed by atoms with Crippen LogP contribution in [0, 0.1) is 0 Å². The van der Waals surface area contributed by atoms with E-state index in [2.05, 4.69) is 10.3 Å². The minimum Gasteiger partial charge on any atom is -0.449 e. The Morgan fingerprint density at radius 2 is 1.53 bits per heavy atom. The number of ether oxygens (including phenoxy) is 1. The SMILES string of the molecule is O=C(CCNc1ccccc1)OC(C(=O)c1c[nH]c2ccccc12)c1ccccc1. The lowest BCUT2D eigenvalue weighted by molar-refractivity contribution is -0.147. The number of anilines is 1. The fraction of sp³-hybridized carbons (Fsp3) is 0.120. The Morgan fingerprint density at radius 1 is 0.867 bits per heavy atom. The molecule has 0 aliphatic carbocycles. The molecule has 0 radical (unpaired) electrons. The van der Waals surface area contributed by atoms with E-state index >= 15 is 0 Å². The first-order valence-corrected chi connectivity index (χ1v) is 9.86. The number of carbonyl (C=O) groups excluding carboxylic acids is 2. The van der Waals surface area contributed by atoms with Crippen molar-refractivity contribution in [3.63, 3.8) is 0 Å². The first-order valence-electron chi connectivity index (χ1n) is 9.86. The summed E-state index contributed by atoms with van der Waals surface area (Å²) >= 11 is 0. The van der Waals surface area contributed by atoms with Gasteiger partial charge in [0.05, 0.1) is 6.42 Å². The van der Waals surface area contributed by atoms with Crippen LogP contribution in [0.4, 0.5) is 5.69 Å². The third kappa shape index (κ3) is 4.41. The van der Waals surface area contributed by atoms with Gasteiger partial charge in [0.1, 0.15) is 0 Å². The van der Waals surface area contributed by atoms with Crippen molar-refractivity contribution in [1.82, 2.24) is 4.98 Å². The Bertz CT molecular complexity index is 1140. The molecule has 150 valence electrons. The van der Waals surface area contributed by atoms with Gasteiger partial charge in [-0.15, -0.1) is 0 Å². The maximum absolute atomic E-state index is 13.3. The van der Waals surface area contributed by atoms with E-state index in [1.807, 2.05) is 72.8 Å². The molecular formula is C25H22N2O3. The summed E-state index contributed by atoms with van der Waals surface area (Å²) in [5.74, 6) is -0.677. The number of para-hydroxylation sites is 2. The fourth-order valence-electron chi connectivity index (χ4n) is 3.37. The first kappa shape index (κ1) is 19.5. The Balaban J connectivity index is 1.50. The maximum atomic E-state index is 13.3. The number of hydrogen-bond donors (Lipinski definition) is 2. The highest BCUT2D eigenvalue weighted by atomic mass is 16.5. The van der Waals surface area contributed by atoms with Gasteiger partial charge in [0.15, 0.2) is 6.10 Å². The van der Waals surface area contributed by atoms with Crippen LogP contribution in [0.5, 0.6) is 0 Å². The highest BCUT2D eigenvalue weighted by Crippen LogP contribution is 2.27. The molecule has 4 aromatic rings. The number of nitrogens with one attached hydrogen (secondary N) is 2. The van der Waals surface area contributed by atoms with E-state index in [1.165, 1.54) is 0 Å². The lowest BCUT2D eigenvalue weighted by atomic mass is 9.99. The lowest BCUT2D eigenvalue weighted by Gasteiger charge is -2.17.